The van der Waals surface area contributed by atoms with Gasteiger partial charge in [0.2, 0.25) is 10.0 Å². The van der Waals surface area contributed by atoms with Gasteiger partial charge < -0.3 is 0 Å². The average molecular weight is 226 g/mol. The van der Waals surface area contributed by atoms with Crippen molar-refractivity contribution in [2.24, 2.45) is 5.14 Å². The molecule has 0 saturated heterocycles. The molecular weight excluding hydrogens is 222 g/mol. The van der Waals surface area contributed by atoms with E-state index < -0.39 is 15.3 Å². The summed E-state index contributed by atoms with van der Waals surface area (Å²) in [6.07, 6.45) is 0. The monoisotopic (exact) mass is 225 g/mol. The van der Waals surface area contributed by atoms with Gasteiger partial charge >= 0.3 is 0 Å². The van der Waals surface area contributed by atoms with Crippen LogP contribution in [0.5, 0.6) is 0 Å². The zero-order valence-electron chi connectivity index (χ0n) is 5.65. The fraction of sp³-hybridized carbons (Fsp3) is 0. The Morgan fingerprint density at radius 1 is 1.50 bits per heavy atom. The molecule has 0 aromatic carbocycles. The molecule has 2 N–H and O–H groups in total. The third kappa shape index (κ3) is 1.84. The summed E-state index contributed by atoms with van der Waals surface area (Å²) < 4.78 is 21.6. The second-order valence-corrected chi connectivity index (χ2v) is 4.59. The van der Waals surface area contributed by atoms with Crippen LogP contribution in [0.3, 0.4) is 0 Å². The van der Waals surface area contributed by atoms with Gasteiger partial charge in [0.05, 0.1) is 5.56 Å². The fourth-order valence-corrected chi connectivity index (χ4v) is 2.85. The number of thiophene rings is 1. The topological polar surface area (TPSA) is 77.2 Å². The predicted molar refractivity (Wildman–Crippen MR) is 45.9 cm³/mol. The summed E-state index contributed by atoms with van der Waals surface area (Å²) in [6, 6.07) is 0. The van der Waals surface area contributed by atoms with Crippen molar-refractivity contribution in [2.45, 2.75) is 4.90 Å². The lowest BCUT2D eigenvalue weighted by molar-refractivity contribution is 0.107. The molecule has 0 spiro atoms. The first-order valence-corrected chi connectivity index (χ1v) is 5.58. The third-order valence-corrected chi connectivity index (χ3v) is 3.19. The van der Waals surface area contributed by atoms with Crippen molar-refractivity contribution >= 4 is 38.2 Å². The Morgan fingerprint density at radius 2 is 2.08 bits per heavy atom. The lowest BCUT2D eigenvalue weighted by Gasteiger charge is -1.94. The Labute approximate surface area is 78.0 Å². The van der Waals surface area contributed by atoms with Gasteiger partial charge in [-0.05, 0) is 11.6 Å². The first-order valence-electron chi connectivity index (χ1n) is 2.72. The number of primary sulfonamides is 1. The van der Waals surface area contributed by atoms with Crippen molar-refractivity contribution in [2.75, 3.05) is 0 Å². The van der Waals surface area contributed by atoms with E-state index in [0.29, 0.717) is 0 Å². The molecule has 1 aromatic rings. The summed E-state index contributed by atoms with van der Waals surface area (Å²) in [4.78, 5) is 10.4. The van der Waals surface area contributed by atoms with E-state index in [-0.39, 0.29) is 10.5 Å². The molecule has 0 saturated carbocycles. The van der Waals surface area contributed by atoms with E-state index >= 15 is 0 Å². The van der Waals surface area contributed by atoms with E-state index in [9.17, 15) is 13.2 Å². The smallest absolute Gasteiger partial charge is 0.254 e. The summed E-state index contributed by atoms with van der Waals surface area (Å²) in [6.45, 7) is 0. The van der Waals surface area contributed by atoms with Gasteiger partial charge in [0.1, 0.15) is 4.90 Å². The molecule has 12 heavy (non-hydrogen) atoms. The number of nitrogens with two attached hydrogens (primary N) is 1. The molecule has 4 nitrogen and oxygen atoms in total. The van der Waals surface area contributed by atoms with Crippen molar-refractivity contribution in [3.8, 4) is 0 Å². The van der Waals surface area contributed by atoms with Gasteiger partial charge in [-0.15, -0.1) is 0 Å². The zero-order valence-corrected chi connectivity index (χ0v) is 8.04. The van der Waals surface area contributed by atoms with Crippen LogP contribution in [0.4, 0.5) is 0 Å². The highest BCUT2D eigenvalue weighted by Crippen LogP contribution is 2.20. The van der Waals surface area contributed by atoms with Crippen molar-refractivity contribution in [3.63, 3.8) is 0 Å². The number of carbonyl (C=O) groups is 1. The zero-order chi connectivity index (χ0) is 9.35. The van der Waals surface area contributed by atoms with Crippen LogP contribution in [0.1, 0.15) is 10.4 Å². The number of halogens is 1. The highest BCUT2D eigenvalue weighted by molar-refractivity contribution is 7.89. The van der Waals surface area contributed by atoms with Crippen molar-refractivity contribution in [1.82, 2.24) is 0 Å². The van der Waals surface area contributed by atoms with Crippen LogP contribution in [0.25, 0.3) is 0 Å². The molecule has 0 aliphatic carbocycles. The van der Waals surface area contributed by atoms with Crippen LogP contribution in [-0.2, 0) is 10.0 Å². The summed E-state index contributed by atoms with van der Waals surface area (Å²) in [5.74, 6) is 0. The lowest BCUT2D eigenvalue weighted by atomic mass is 10.4. The minimum atomic E-state index is -3.83. The Kier molecular flexibility index (Phi) is 2.52. The highest BCUT2D eigenvalue weighted by atomic mass is 35.5. The molecule has 0 amide bonds. The van der Waals surface area contributed by atoms with E-state index in [4.69, 9.17) is 16.7 Å². The summed E-state index contributed by atoms with van der Waals surface area (Å²) in [7, 11) is -3.83. The Bertz CT molecular complexity index is 408. The van der Waals surface area contributed by atoms with Crippen LogP contribution in [-0.4, -0.2) is 13.7 Å². The molecule has 0 aliphatic rings. The fourth-order valence-electron chi connectivity index (χ4n) is 0.649. The minimum absolute atomic E-state index is 0.0656. The quantitative estimate of drug-likeness (QED) is 0.756. The molecule has 1 aromatic heterocycles. The number of hydrogen-bond donors (Lipinski definition) is 1. The molecular formula is C5H4ClNO3S2. The standard InChI is InChI=1S/C5H4ClNO3S2/c6-5(8)3-1-11-2-4(3)12(7,9)10/h1-2H,(H2,7,9,10). The lowest BCUT2D eigenvalue weighted by Crippen LogP contribution is -2.13. The minimum Gasteiger partial charge on any atom is -0.276 e. The molecule has 0 aliphatic heterocycles. The van der Waals surface area contributed by atoms with E-state index in [1.54, 1.807) is 0 Å². The van der Waals surface area contributed by atoms with E-state index in [0.717, 1.165) is 11.3 Å². The van der Waals surface area contributed by atoms with Gasteiger partial charge in [-0.2, -0.15) is 11.3 Å². The molecule has 1 rings (SSSR count). The molecule has 0 unspecified atom stereocenters. The largest absolute Gasteiger partial charge is 0.276 e. The van der Waals surface area contributed by atoms with E-state index in [1.165, 1.54) is 10.8 Å². The first kappa shape index (κ1) is 9.66. The Balaban J connectivity index is 3.36. The molecule has 66 valence electrons. The Morgan fingerprint density at radius 3 is 2.42 bits per heavy atom. The molecule has 0 fully saturated rings. The number of hydrogen-bond acceptors (Lipinski definition) is 4. The normalized spacial score (nSPS) is 11.5. The summed E-state index contributed by atoms with van der Waals surface area (Å²) in [5, 5.41) is 6.60. The maximum Gasteiger partial charge on any atom is 0.254 e. The van der Waals surface area contributed by atoms with Gasteiger partial charge in [0, 0.05) is 10.8 Å². The van der Waals surface area contributed by atoms with Gasteiger partial charge in [0.15, 0.2) is 0 Å². The number of carbonyl (C=O) groups excluding carboxylic acids is 1. The molecule has 0 bridgehead atoms. The highest BCUT2D eigenvalue weighted by Gasteiger charge is 2.18. The summed E-state index contributed by atoms with van der Waals surface area (Å²) >= 11 is 6.16. The number of sulfonamides is 1. The third-order valence-electron chi connectivity index (χ3n) is 1.14. The second kappa shape index (κ2) is 3.14. The first-order chi connectivity index (χ1) is 5.43. The van der Waals surface area contributed by atoms with Crippen molar-refractivity contribution < 1.29 is 13.2 Å². The summed E-state index contributed by atoms with van der Waals surface area (Å²) in [5.41, 5.74) is -0.0656. The van der Waals surface area contributed by atoms with Crippen molar-refractivity contribution in [1.29, 1.82) is 0 Å². The average Bonchev–Trinajstić information content (AvgIpc) is 2.30. The molecule has 0 atom stereocenters. The van der Waals surface area contributed by atoms with Crippen molar-refractivity contribution in [3.05, 3.63) is 16.3 Å². The van der Waals surface area contributed by atoms with Crippen LogP contribution in [0.15, 0.2) is 15.7 Å². The van der Waals surface area contributed by atoms with Gasteiger partial charge in [0.25, 0.3) is 5.24 Å². The second-order valence-electron chi connectivity index (χ2n) is 1.97. The van der Waals surface area contributed by atoms with Gasteiger partial charge in [-0.1, -0.05) is 0 Å². The molecule has 0 radical (unpaired) electrons. The van der Waals surface area contributed by atoms with Crippen LogP contribution in [0, 0.1) is 0 Å². The maximum atomic E-state index is 10.8. The van der Waals surface area contributed by atoms with Gasteiger partial charge in [-0.3, -0.25) is 4.79 Å². The van der Waals surface area contributed by atoms with E-state index in [1.807, 2.05) is 0 Å². The molecule has 7 heteroatoms. The molecule has 1 heterocycles. The van der Waals surface area contributed by atoms with E-state index in [2.05, 4.69) is 0 Å². The van der Waals surface area contributed by atoms with Gasteiger partial charge in [-0.25, -0.2) is 13.6 Å². The predicted octanol–water partition coefficient (Wildman–Crippen LogP) is 0.775. The van der Waals surface area contributed by atoms with Crippen LogP contribution >= 0.6 is 22.9 Å². The number of rotatable bonds is 2. The van der Waals surface area contributed by atoms with Crippen LogP contribution in [0.2, 0.25) is 0 Å². The van der Waals surface area contributed by atoms with Crippen LogP contribution < -0.4 is 5.14 Å². The SMILES string of the molecule is NS(=O)(=O)c1cscc1C(=O)Cl. The maximum absolute atomic E-state index is 10.8. The Hall–Kier alpha value is -0.430.